The predicted molar refractivity (Wildman–Crippen MR) is 123 cm³/mol. The summed E-state index contributed by atoms with van der Waals surface area (Å²) in [5, 5.41) is 2.87. The van der Waals surface area contributed by atoms with Gasteiger partial charge in [-0.2, -0.15) is 0 Å². The number of rotatable bonds is 6. The third kappa shape index (κ3) is 5.31. The van der Waals surface area contributed by atoms with Crippen molar-refractivity contribution < 1.29 is 9.59 Å². The van der Waals surface area contributed by atoms with Crippen molar-refractivity contribution in [3.63, 3.8) is 0 Å². The highest BCUT2D eigenvalue weighted by atomic mass is 79.9. The van der Waals surface area contributed by atoms with Crippen LogP contribution >= 0.6 is 39.9 Å². The number of para-hydroxylation sites is 1. The molecule has 0 bridgehead atoms. The number of hydrogen-bond donors (Lipinski definition) is 1. The predicted octanol–water partition coefficient (Wildman–Crippen LogP) is 5.38. The summed E-state index contributed by atoms with van der Waals surface area (Å²) in [4.78, 5) is 27.0. The van der Waals surface area contributed by atoms with Crippen molar-refractivity contribution in [3.05, 3.63) is 69.0 Å². The Kier molecular flexibility index (Phi) is 7.04. The monoisotopic (exact) mass is 474 g/mol. The van der Waals surface area contributed by atoms with E-state index >= 15 is 0 Å². The zero-order chi connectivity index (χ0) is 20.1. The summed E-state index contributed by atoms with van der Waals surface area (Å²) in [6.07, 6.45) is 2.72. The van der Waals surface area contributed by atoms with Gasteiger partial charge in [0.15, 0.2) is 0 Å². The van der Waals surface area contributed by atoms with E-state index in [2.05, 4.69) is 21.2 Å². The summed E-state index contributed by atoms with van der Waals surface area (Å²) < 4.78 is 1.37. The van der Waals surface area contributed by atoms with Crippen LogP contribution in [0.3, 0.4) is 0 Å². The van der Waals surface area contributed by atoms with E-state index < -0.39 is 0 Å². The lowest BCUT2D eigenvalue weighted by Crippen LogP contribution is -2.29. The molecular weight excluding hydrogens is 456 g/mol. The molecule has 0 aliphatic carbocycles. The smallest absolute Gasteiger partial charge is 0.266 e. The van der Waals surface area contributed by atoms with E-state index in [1.807, 2.05) is 61.5 Å². The zero-order valence-electron chi connectivity index (χ0n) is 15.3. The van der Waals surface area contributed by atoms with Crippen LogP contribution < -0.4 is 5.32 Å². The van der Waals surface area contributed by atoms with Crippen molar-refractivity contribution in [2.75, 3.05) is 11.9 Å². The molecule has 144 valence electrons. The van der Waals surface area contributed by atoms with Crippen molar-refractivity contribution in [2.45, 2.75) is 19.8 Å². The third-order valence-corrected chi connectivity index (χ3v) is 6.25. The molecule has 7 heteroatoms. The Morgan fingerprint density at radius 1 is 1.21 bits per heavy atom. The second-order valence-electron chi connectivity index (χ2n) is 6.38. The maximum atomic E-state index is 12.6. The van der Waals surface area contributed by atoms with Gasteiger partial charge in [0, 0.05) is 17.4 Å². The molecule has 1 saturated heterocycles. The molecule has 1 aliphatic rings. The van der Waals surface area contributed by atoms with Crippen LogP contribution in [0.4, 0.5) is 5.69 Å². The minimum Gasteiger partial charge on any atom is -0.325 e. The molecule has 0 unspecified atom stereocenters. The van der Waals surface area contributed by atoms with E-state index in [0.717, 1.165) is 15.7 Å². The largest absolute Gasteiger partial charge is 0.325 e. The Morgan fingerprint density at radius 3 is 2.64 bits per heavy atom. The summed E-state index contributed by atoms with van der Waals surface area (Å²) in [7, 11) is 0. The topological polar surface area (TPSA) is 49.4 Å². The fourth-order valence-corrected chi connectivity index (χ4v) is 4.37. The lowest BCUT2D eigenvalue weighted by molar-refractivity contribution is -0.122. The van der Waals surface area contributed by atoms with Gasteiger partial charge in [-0.05, 0) is 53.0 Å². The summed E-state index contributed by atoms with van der Waals surface area (Å²) in [6.45, 7) is 2.45. The van der Waals surface area contributed by atoms with Crippen LogP contribution in [0, 0.1) is 6.92 Å². The molecular formula is C21H19BrN2O2S2. The molecule has 0 radical (unpaired) electrons. The van der Waals surface area contributed by atoms with Crippen LogP contribution in [0.15, 0.2) is 57.9 Å². The first-order chi connectivity index (χ1) is 13.4. The number of anilines is 1. The van der Waals surface area contributed by atoms with Crippen LogP contribution in [0.2, 0.25) is 0 Å². The van der Waals surface area contributed by atoms with Gasteiger partial charge in [-0.25, -0.2) is 0 Å². The quantitative estimate of drug-likeness (QED) is 0.451. The summed E-state index contributed by atoms with van der Waals surface area (Å²) in [5.41, 5.74) is 2.88. The molecule has 2 amide bonds. The Hall–Kier alpha value is -1.96. The highest BCUT2D eigenvalue weighted by molar-refractivity contribution is 9.10. The van der Waals surface area contributed by atoms with E-state index in [0.29, 0.717) is 28.6 Å². The zero-order valence-corrected chi connectivity index (χ0v) is 18.5. The standard InChI is InChI=1S/C21H19BrN2O2S2/c1-14-8-10-15(11-9-14)13-18-20(26)24(21(27)28-18)12-4-7-19(25)23-17-6-3-2-5-16(17)22/h2-3,5-6,8-11,13H,4,7,12H2,1H3,(H,23,25)/b18-13+. The van der Waals surface area contributed by atoms with Gasteiger partial charge in [-0.3, -0.25) is 14.5 Å². The fourth-order valence-electron chi connectivity index (χ4n) is 2.68. The number of thiocarbonyl (C=S) groups is 1. The number of benzene rings is 2. The number of nitrogens with zero attached hydrogens (tertiary/aromatic N) is 1. The van der Waals surface area contributed by atoms with Gasteiger partial charge in [0.1, 0.15) is 4.32 Å². The first-order valence-electron chi connectivity index (χ1n) is 8.80. The van der Waals surface area contributed by atoms with Crippen molar-refractivity contribution in [3.8, 4) is 0 Å². The van der Waals surface area contributed by atoms with Crippen LogP contribution in [-0.4, -0.2) is 27.6 Å². The second kappa shape index (κ2) is 9.49. The number of carbonyl (C=O) groups excluding carboxylic acids is 2. The Labute approximate surface area is 182 Å². The lowest BCUT2D eigenvalue weighted by Gasteiger charge is -2.14. The molecule has 3 rings (SSSR count). The van der Waals surface area contributed by atoms with E-state index in [1.54, 1.807) is 4.90 Å². The first kappa shape index (κ1) is 20.8. The maximum absolute atomic E-state index is 12.6. The molecule has 0 saturated carbocycles. The molecule has 28 heavy (non-hydrogen) atoms. The van der Waals surface area contributed by atoms with Gasteiger partial charge < -0.3 is 5.32 Å². The summed E-state index contributed by atoms with van der Waals surface area (Å²) >= 11 is 10.1. The molecule has 0 aromatic heterocycles. The minimum atomic E-state index is -0.0956. The fraction of sp³-hybridized carbons (Fsp3) is 0.190. The van der Waals surface area contributed by atoms with Crippen LogP contribution in [-0.2, 0) is 9.59 Å². The van der Waals surface area contributed by atoms with Crippen LogP contribution in [0.5, 0.6) is 0 Å². The summed E-state index contributed by atoms with van der Waals surface area (Å²) in [5.74, 6) is -0.186. The average Bonchev–Trinajstić information content (AvgIpc) is 2.93. The number of hydrogen-bond acceptors (Lipinski definition) is 4. The van der Waals surface area contributed by atoms with Crippen molar-refractivity contribution >= 4 is 67.8 Å². The average molecular weight is 475 g/mol. The molecule has 0 atom stereocenters. The molecule has 1 heterocycles. The van der Waals surface area contributed by atoms with Crippen LogP contribution in [0.25, 0.3) is 6.08 Å². The van der Waals surface area contributed by atoms with E-state index in [9.17, 15) is 9.59 Å². The Balaban J connectivity index is 1.54. The van der Waals surface area contributed by atoms with E-state index in [-0.39, 0.29) is 11.8 Å². The number of aryl methyl sites for hydroxylation is 1. The second-order valence-corrected chi connectivity index (χ2v) is 8.91. The third-order valence-electron chi connectivity index (χ3n) is 4.18. The van der Waals surface area contributed by atoms with Gasteiger partial charge in [0.25, 0.3) is 5.91 Å². The maximum Gasteiger partial charge on any atom is 0.266 e. The summed E-state index contributed by atoms with van der Waals surface area (Å²) in [6, 6.07) is 15.4. The molecule has 1 N–H and O–H groups in total. The van der Waals surface area contributed by atoms with Crippen molar-refractivity contribution in [2.24, 2.45) is 0 Å². The SMILES string of the molecule is Cc1ccc(/C=C2/SC(=S)N(CCCC(=O)Nc3ccccc3Br)C2=O)cc1. The van der Waals surface area contributed by atoms with E-state index in [1.165, 1.54) is 17.3 Å². The Bertz CT molecular complexity index is 942. The van der Waals surface area contributed by atoms with E-state index in [4.69, 9.17) is 12.2 Å². The highest BCUT2D eigenvalue weighted by Crippen LogP contribution is 2.32. The van der Waals surface area contributed by atoms with Gasteiger partial charge in [0.05, 0.1) is 10.6 Å². The molecule has 1 fully saturated rings. The minimum absolute atomic E-state index is 0.0902. The lowest BCUT2D eigenvalue weighted by atomic mass is 10.1. The molecule has 1 aliphatic heterocycles. The number of halogens is 1. The number of thioether (sulfide) groups is 1. The van der Waals surface area contributed by atoms with Gasteiger partial charge in [-0.15, -0.1) is 0 Å². The van der Waals surface area contributed by atoms with Crippen LogP contribution in [0.1, 0.15) is 24.0 Å². The molecule has 2 aromatic rings. The van der Waals surface area contributed by atoms with Crippen molar-refractivity contribution in [1.29, 1.82) is 0 Å². The van der Waals surface area contributed by atoms with Crippen molar-refractivity contribution in [1.82, 2.24) is 4.90 Å². The van der Waals surface area contributed by atoms with Gasteiger partial charge in [-0.1, -0.05) is 65.9 Å². The van der Waals surface area contributed by atoms with Gasteiger partial charge in [0.2, 0.25) is 5.91 Å². The highest BCUT2D eigenvalue weighted by Gasteiger charge is 2.31. The molecule has 2 aromatic carbocycles. The number of nitrogens with one attached hydrogen (secondary N) is 1. The normalized spacial score (nSPS) is 15.4. The van der Waals surface area contributed by atoms with Gasteiger partial charge >= 0.3 is 0 Å². The number of amides is 2. The first-order valence-corrected chi connectivity index (χ1v) is 10.8. The molecule has 0 spiro atoms. The molecule has 4 nitrogen and oxygen atoms in total. The Morgan fingerprint density at radius 2 is 1.93 bits per heavy atom. The number of carbonyl (C=O) groups is 2.